The number of halogens is 4. The van der Waals surface area contributed by atoms with Crippen molar-refractivity contribution in [1.82, 2.24) is 0 Å². The Morgan fingerprint density at radius 1 is 0.714 bits per heavy atom. The third-order valence-corrected chi connectivity index (χ3v) is 7.13. The smallest absolute Gasteiger partial charge is 0.193 e. The van der Waals surface area contributed by atoms with Crippen LogP contribution in [-0.4, -0.2) is 10.9 Å². The minimum absolute atomic E-state index is 0.00474. The molecule has 3 nitrogen and oxygen atoms in total. The number of hydrogen-bond acceptors (Lipinski definition) is 3. The van der Waals surface area contributed by atoms with E-state index in [-0.39, 0.29) is 12.2 Å². The SMILES string of the molecule is N#CCC(O)(c1ccc(Cl)cc1)c1ccc(I)cc1.O=C(c1ccc(Cl)cc1)c1ccc(I)cc1. The van der Waals surface area contributed by atoms with Crippen LogP contribution in [-0.2, 0) is 5.60 Å². The maximum atomic E-state index is 12.0. The van der Waals surface area contributed by atoms with Gasteiger partial charge < -0.3 is 5.11 Å². The van der Waals surface area contributed by atoms with Gasteiger partial charge in [-0.05, 0) is 129 Å². The quantitative estimate of drug-likeness (QED) is 0.167. The number of ketones is 1. The summed E-state index contributed by atoms with van der Waals surface area (Å²) < 4.78 is 2.20. The third kappa shape index (κ3) is 7.51. The van der Waals surface area contributed by atoms with Gasteiger partial charge in [-0.2, -0.15) is 5.26 Å². The Bertz CT molecular complexity index is 1220. The number of aliphatic hydroxyl groups is 1. The summed E-state index contributed by atoms with van der Waals surface area (Å²) in [5, 5.41) is 21.1. The van der Waals surface area contributed by atoms with Crippen LogP contribution in [0.5, 0.6) is 0 Å². The Balaban J connectivity index is 0.000000198. The van der Waals surface area contributed by atoms with E-state index in [0.717, 1.165) is 7.14 Å². The number of rotatable bonds is 5. The van der Waals surface area contributed by atoms with E-state index >= 15 is 0 Å². The molecule has 4 aromatic carbocycles. The van der Waals surface area contributed by atoms with Gasteiger partial charge in [0.2, 0.25) is 0 Å². The monoisotopic (exact) mass is 725 g/mol. The molecule has 0 aliphatic heterocycles. The molecule has 0 fully saturated rings. The summed E-state index contributed by atoms with van der Waals surface area (Å²) in [7, 11) is 0. The highest BCUT2D eigenvalue weighted by molar-refractivity contribution is 14.1. The molecule has 4 aromatic rings. The van der Waals surface area contributed by atoms with E-state index in [4.69, 9.17) is 28.5 Å². The van der Waals surface area contributed by atoms with Gasteiger partial charge in [0.1, 0.15) is 5.60 Å². The highest BCUT2D eigenvalue weighted by Crippen LogP contribution is 2.33. The Hall–Kier alpha value is -1.96. The van der Waals surface area contributed by atoms with Crippen LogP contribution in [0.2, 0.25) is 10.0 Å². The molecule has 7 heteroatoms. The van der Waals surface area contributed by atoms with Gasteiger partial charge in [0.05, 0.1) is 12.5 Å². The molecular weight excluding hydrogens is 707 g/mol. The van der Waals surface area contributed by atoms with Gasteiger partial charge >= 0.3 is 0 Å². The first kappa shape index (κ1) is 27.6. The zero-order chi connectivity index (χ0) is 25.4. The van der Waals surface area contributed by atoms with Crippen LogP contribution in [0, 0.1) is 18.5 Å². The molecule has 0 aromatic heterocycles. The van der Waals surface area contributed by atoms with Crippen molar-refractivity contribution in [3.63, 3.8) is 0 Å². The largest absolute Gasteiger partial charge is 0.379 e. The predicted octanol–water partition coefficient (Wildman–Crippen LogP) is 8.27. The van der Waals surface area contributed by atoms with E-state index in [1.165, 1.54) is 0 Å². The Morgan fingerprint density at radius 3 is 1.49 bits per heavy atom. The van der Waals surface area contributed by atoms with Crippen LogP contribution in [0.1, 0.15) is 33.5 Å². The summed E-state index contributed by atoms with van der Waals surface area (Å²) in [5.41, 5.74) is 1.42. The minimum Gasteiger partial charge on any atom is -0.379 e. The van der Waals surface area contributed by atoms with Crippen molar-refractivity contribution >= 4 is 74.2 Å². The van der Waals surface area contributed by atoms with Crippen molar-refractivity contribution in [3.8, 4) is 6.07 Å². The summed E-state index contributed by atoms with van der Waals surface area (Å²) in [6.45, 7) is 0. The fourth-order valence-electron chi connectivity index (χ4n) is 3.31. The van der Waals surface area contributed by atoms with Crippen LogP contribution < -0.4 is 0 Å². The van der Waals surface area contributed by atoms with Crippen molar-refractivity contribution in [1.29, 1.82) is 5.26 Å². The van der Waals surface area contributed by atoms with E-state index in [0.29, 0.717) is 32.3 Å². The fraction of sp³-hybridized carbons (Fsp3) is 0.0714. The van der Waals surface area contributed by atoms with Crippen LogP contribution in [0.4, 0.5) is 0 Å². The number of nitrogens with zero attached hydrogens (tertiary/aromatic N) is 1. The van der Waals surface area contributed by atoms with Crippen molar-refractivity contribution < 1.29 is 9.90 Å². The van der Waals surface area contributed by atoms with Gasteiger partial charge in [-0.1, -0.05) is 47.5 Å². The summed E-state index contributed by atoms with van der Waals surface area (Å²) in [6.07, 6.45) is -0.00474. The van der Waals surface area contributed by atoms with E-state index in [1.807, 2.05) is 54.6 Å². The average molecular weight is 726 g/mol. The van der Waals surface area contributed by atoms with E-state index in [9.17, 15) is 9.90 Å². The molecule has 0 heterocycles. The van der Waals surface area contributed by atoms with E-state index < -0.39 is 5.60 Å². The highest BCUT2D eigenvalue weighted by Gasteiger charge is 2.31. The molecule has 0 saturated heterocycles. The Labute approximate surface area is 242 Å². The molecule has 0 saturated carbocycles. The second-order valence-electron chi connectivity index (χ2n) is 7.55. The van der Waals surface area contributed by atoms with Crippen molar-refractivity contribution in [2.75, 3.05) is 0 Å². The molecule has 4 rings (SSSR count). The van der Waals surface area contributed by atoms with Gasteiger partial charge in [-0.15, -0.1) is 0 Å². The Morgan fingerprint density at radius 2 is 1.06 bits per heavy atom. The molecule has 0 amide bonds. The zero-order valence-electron chi connectivity index (χ0n) is 18.3. The lowest BCUT2D eigenvalue weighted by molar-refractivity contribution is 0.0860. The summed E-state index contributed by atoms with van der Waals surface area (Å²) in [4.78, 5) is 12.0. The normalized spacial score (nSPS) is 12.0. The molecule has 0 bridgehead atoms. The molecule has 0 spiro atoms. The first-order chi connectivity index (χ1) is 16.7. The van der Waals surface area contributed by atoms with Gasteiger partial charge in [0.25, 0.3) is 0 Å². The first-order valence-electron chi connectivity index (χ1n) is 10.4. The first-order valence-corrected chi connectivity index (χ1v) is 13.3. The van der Waals surface area contributed by atoms with Crippen LogP contribution in [0.3, 0.4) is 0 Å². The van der Waals surface area contributed by atoms with Crippen LogP contribution >= 0.6 is 68.4 Å². The summed E-state index contributed by atoms with van der Waals surface area (Å²) in [5.74, 6) is 0.0214. The lowest BCUT2D eigenvalue weighted by atomic mass is 9.84. The number of hydrogen-bond donors (Lipinski definition) is 1. The predicted molar refractivity (Wildman–Crippen MR) is 158 cm³/mol. The Kier molecular flexibility index (Phi) is 10.1. The molecule has 176 valence electrons. The number of carbonyl (C=O) groups excluding carboxylic acids is 1. The second kappa shape index (κ2) is 12.8. The topological polar surface area (TPSA) is 61.1 Å². The van der Waals surface area contributed by atoms with Crippen molar-refractivity contribution in [2.24, 2.45) is 0 Å². The molecule has 0 aliphatic carbocycles. The molecular formula is C28H19Cl2I2NO2. The maximum absolute atomic E-state index is 12.0. The molecule has 1 atom stereocenters. The molecule has 0 aliphatic rings. The third-order valence-electron chi connectivity index (χ3n) is 5.19. The number of nitriles is 1. The van der Waals surface area contributed by atoms with Crippen LogP contribution in [0.15, 0.2) is 97.1 Å². The standard InChI is InChI=1S/C15H11ClINO.C13H8ClIO/c16-13-5-1-11(2-6-13)15(19,9-10-18)12-3-7-14(17)8-4-12;14-11-5-1-9(2-6-11)13(16)10-3-7-12(15)8-4-10/h1-8,19H,9H2;1-8H. The van der Waals surface area contributed by atoms with Gasteiger partial charge in [0, 0.05) is 28.3 Å². The molecule has 0 radical (unpaired) electrons. The summed E-state index contributed by atoms with van der Waals surface area (Å²) >= 11 is 16.0. The molecule has 35 heavy (non-hydrogen) atoms. The molecule has 1 N–H and O–H groups in total. The zero-order valence-corrected chi connectivity index (χ0v) is 24.1. The lowest BCUT2D eigenvalue weighted by Crippen LogP contribution is -2.26. The molecule has 1 unspecified atom stereocenters. The maximum Gasteiger partial charge on any atom is 0.193 e. The van der Waals surface area contributed by atoms with Gasteiger partial charge in [-0.3, -0.25) is 4.79 Å². The van der Waals surface area contributed by atoms with E-state index in [2.05, 4.69) is 45.2 Å². The van der Waals surface area contributed by atoms with E-state index in [1.54, 1.807) is 48.5 Å². The van der Waals surface area contributed by atoms with Gasteiger partial charge in [0.15, 0.2) is 5.78 Å². The number of benzene rings is 4. The van der Waals surface area contributed by atoms with Gasteiger partial charge in [-0.25, -0.2) is 0 Å². The minimum atomic E-state index is -1.30. The lowest BCUT2D eigenvalue weighted by Gasteiger charge is -2.27. The second-order valence-corrected chi connectivity index (χ2v) is 10.9. The summed E-state index contributed by atoms with van der Waals surface area (Å²) in [6, 6.07) is 30.9. The average Bonchev–Trinajstić information content (AvgIpc) is 2.86. The highest BCUT2D eigenvalue weighted by atomic mass is 127. The van der Waals surface area contributed by atoms with Crippen molar-refractivity contribution in [2.45, 2.75) is 12.0 Å². The van der Waals surface area contributed by atoms with Crippen LogP contribution in [0.25, 0.3) is 0 Å². The fourth-order valence-corrected chi connectivity index (χ4v) is 4.28. The van der Waals surface area contributed by atoms with Crippen molar-refractivity contribution in [3.05, 3.63) is 137 Å². The number of carbonyl (C=O) groups is 1.